The smallest absolute Gasteiger partial charge is 0.402 e. The zero-order chi connectivity index (χ0) is 13.1. The molecule has 0 atom stereocenters. The summed E-state index contributed by atoms with van der Waals surface area (Å²) in [6.07, 6.45) is -1.33. The second-order valence-corrected chi connectivity index (χ2v) is 2.84. The van der Waals surface area contributed by atoms with Crippen LogP contribution in [0.3, 0.4) is 0 Å². The molecular formula is C8H15N5O2S. The second-order valence-electron chi connectivity index (χ2n) is 2.37. The molecule has 16 heavy (non-hydrogen) atoms. The molecule has 0 fully saturated rings. The SMILES string of the molecule is NC(=O)O.NC(N)=S.Nc1ccccc1N. The lowest BCUT2D eigenvalue weighted by molar-refractivity contribution is 0.205. The van der Waals surface area contributed by atoms with Gasteiger partial charge in [0.05, 0.1) is 11.4 Å². The van der Waals surface area contributed by atoms with Crippen molar-refractivity contribution in [1.82, 2.24) is 0 Å². The highest BCUT2D eigenvalue weighted by Gasteiger charge is 1.85. The predicted molar refractivity (Wildman–Crippen MR) is 68.5 cm³/mol. The standard InChI is InChI=1S/C6H8N2.CH4N2S.CH3NO2/c7-5-3-1-2-4-6(5)8;2*2-1(3)4/h1-4H,7-8H2;(H4,2,3,4);2H2,(H,3,4). The highest BCUT2D eigenvalue weighted by Crippen LogP contribution is 2.10. The van der Waals surface area contributed by atoms with E-state index in [0.717, 1.165) is 0 Å². The summed E-state index contributed by atoms with van der Waals surface area (Å²) in [5, 5.41) is 7.19. The van der Waals surface area contributed by atoms with Crippen molar-refractivity contribution in [2.24, 2.45) is 17.2 Å². The molecule has 0 aliphatic heterocycles. The first-order chi connectivity index (χ1) is 7.27. The van der Waals surface area contributed by atoms with Crippen LogP contribution in [0.4, 0.5) is 16.2 Å². The molecule has 0 bridgehead atoms. The maximum absolute atomic E-state index is 8.78. The fourth-order valence-corrected chi connectivity index (χ4v) is 0.511. The molecule has 8 heteroatoms. The van der Waals surface area contributed by atoms with E-state index in [-0.39, 0.29) is 5.11 Å². The van der Waals surface area contributed by atoms with Gasteiger partial charge >= 0.3 is 6.09 Å². The van der Waals surface area contributed by atoms with Crippen LogP contribution in [0.5, 0.6) is 0 Å². The quantitative estimate of drug-likeness (QED) is 0.268. The number of anilines is 2. The first-order valence-corrected chi connectivity index (χ1v) is 4.31. The monoisotopic (exact) mass is 245 g/mol. The summed E-state index contributed by atoms with van der Waals surface area (Å²) in [4.78, 5) is 8.78. The molecular weight excluding hydrogens is 230 g/mol. The van der Waals surface area contributed by atoms with E-state index in [4.69, 9.17) is 21.4 Å². The van der Waals surface area contributed by atoms with E-state index in [1.165, 1.54) is 0 Å². The number of primary amides is 1. The van der Waals surface area contributed by atoms with Crippen LogP contribution in [0.25, 0.3) is 0 Å². The van der Waals surface area contributed by atoms with E-state index in [2.05, 4.69) is 29.4 Å². The fourth-order valence-electron chi connectivity index (χ4n) is 0.511. The first kappa shape index (κ1) is 16.2. The normalized spacial score (nSPS) is 7.50. The number of thiocarbonyl (C=S) groups is 1. The average Bonchev–Trinajstić information content (AvgIpc) is 2.08. The number of benzene rings is 1. The van der Waals surface area contributed by atoms with Crippen molar-refractivity contribution in [2.45, 2.75) is 0 Å². The Hall–Kier alpha value is -2.22. The molecule has 1 amide bonds. The van der Waals surface area contributed by atoms with Gasteiger partial charge in [0.15, 0.2) is 5.11 Å². The molecule has 0 saturated carbocycles. The average molecular weight is 245 g/mol. The van der Waals surface area contributed by atoms with E-state index < -0.39 is 6.09 Å². The van der Waals surface area contributed by atoms with Crippen LogP contribution in [0, 0.1) is 0 Å². The summed E-state index contributed by atoms with van der Waals surface area (Å²) >= 11 is 4.09. The zero-order valence-corrected chi connectivity index (χ0v) is 9.28. The molecule has 0 unspecified atom stereocenters. The first-order valence-electron chi connectivity index (χ1n) is 3.90. The lowest BCUT2D eigenvalue weighted by Crippen LogP contribution is -2.18. The third kappa shape index (κ3) is 17.8. The highest BCUT2D eigenvalue weighted by atomic mass is 32.1. The Labute approximate surface area is 98.2 Å². The number of nitrogen functional groups attached to an aromatic ring is 2. The van der Waals surface area contributed by atoms with E-state index in [1.54, 1.807) is 12.1 Å². The van der Waals surface area contributed by atoms with Crippen molar-refractivity contribution in [3.05, 3.63) is 24.3 Å². The molecule has 7 nitrogen and oxygen atoms in total. The molecule has 0 aliphatic carbocycles. The van der Waals surface area contributed by atoms with Crippen molar-refractivity contribution in [1.29, 1.82) is 0 Å². The van der Waals surface area contributed by atoms with E-state index >= 15 is 0 Å². The molecule has 90 valence electrons. The maximum Gasteiger partial charge on any atom is 0.402 e. The van der Waals surface area contributed by atoms with Crippen LogP contribution in [0.2, 0.25) is 0 Å². The van der Waals surface area contributed by atoms with Gasteiger partial charge in [-0.2, -0.15) is 0 Å². The molecule has 0 heterocycles. The van der Waals surface area contributed by atoms with Gasteiger partial charge in [0.25, 0.3) is 0 Å². The zero-order valence-electron chi connectivity index (χ0n) is 8.46. The predicted octanol–water partition coefficient (Wildman–Crippen LogP) is -0.337. The summed E-state index contributed by atoms with van der Waals surface area (Å²) in [7, 11) is 0. The van der Waals surface area contributed by atoms with Gasteiger partial charge in [-0.3, -0.25) is 0 Å². The Kier molecular flexibility index (Phi) is 9.47. The fraction of sp³-hybridized carbons (Fsp3) is 0. The van der Waals surface area contributed by atoms with E-state index in [1.807, 2.05) is 12.1 Å². The molecule has 1 rings (SSSR count). The van der Waals surface area contributed by atoms with Gasteiger partial charge in [0.2, 0.25) is 0 Å². The summed E-state index contributed by atoms with van der Waals surface area (Å²) in [6, 6.07) is 7.25. The van der Waals surface area contributed by atoms with Crippen molar-refractivity contribution in [3.8, 4) is 0 Å². The number of nitrogens with two attached hydrogens (primary N) is 5. The molecule has 1 aromatic rings. The molecule has 11 N–H and O–H groups in total. The summed E-state index contributed by atoms with van der Waals surface area (Å²) in [5.74, 6) is 0. The van der Waals surface area contributed by atoms with Crippen LogP contribution >= 0.6 is 12.2 Å². The summed E-state index contributed by atoms with van der Waals surface area (Å²) in [5.41, 5.74) is 25.3. The second kappa shape index (κ2) is 9.34. The molecule has 0 spiro atoms. The Balaban J connectivity index is 0. The van der Waals surface area contributed by atoms with Gasteiger partial charge in [-0.1, -0.05) is 12.1 Å². The van der Waals surface area contributed by atoms with Crippen LogP contribution in [-0.2, 0) is 0 Å². The topological polar surface area (TPSA) is 167 Å². The van der Waals surface area contributed by atoms with Crippen molar-refractivity contribution in [3.63, 3.8) is 0 Å². The van der Waals surface area contributed by atoms with Gasteiger partial charge in [0.1, 0.15) is 0 Å². The molecule has 0 saturated heterocycles. The number of rotatable bonds is 0. The van der Waals surface area contributed by atoms with Gasteiger partial charge in [-0.05, 0) is 24.4 Å². The van der Waals surface area contributed by atoms with Gasteiger partial charge in [-0.25, -0.2) is 4.79 Å². The molecule has 0 radical (unpaired) electrons. The van der Waals surface area contributed by atoms with Crippen molar-refractivity contribution in [2.75, 3.05) is 11.5 Å². The Morgan fingerprint density at radius 2 is 1.25 bits per heavy atom. The van der Waals surface area contributed by atoms with Crippen molar-refractivity contribution >= 4 is 34.8 Å². The number of para-hydroxylation sites is 2. The largest absolute Gasteiger partial charge is 0.465 e. The lowest BCUT2D eigenvalue weighted by atomic mass is 10.3. The summed E-state index contributed by atoms with van der Waals surface area (Å²) < 4.78 is 0. The van der Waals surface area contributed by atoms with Gasteiger partial charge in [-0.15, -0.1) is 0 Å². The molecule has 1 aromatic carbocycles. The number of hydrogen-bond acceptors (Lipinski definition) is 4. The lowest BCUT2D eigenvalue weighted by Gasteiger charge is -1.94. The third-order valence-corrected chi connectivity index (χ3v) is 0.996. The third-order valence-electron chi connectivity index (χ3n) is 0.996. The van der Waals surface area contributed by atoms with Crippen LogP contribution < -0.4 is 28.7 Å². The molecule has 0 aromatic heterocycles. The minimum Gasteiger partial charge on any atom is -0.465 e. The molecule has 0 aliphatic rings. The summed E-state index contributed by atoms with van der Waals surface area (Å²) in [6.45, 7) is 0. The maximum atomic E-state index is 8.78. The van der Waals surface area contributed by atoms with Crippen LogP contribution in [0.15, 0.2) is 24.3 Å². The number of carbonyl (C=O) groups is 1. The number of hydrogen-bond donors (Lipinski definition) is 6. The van der Waals surface area contributed by atoms with Crippen LogP contribution in [0.1, 0.15) is 0 Å². The Morgan fingerprint density at radius 1 is 1.06 bits per heavy atom. The van der Waals surface area contributed by atoms with Crippen LogP contribution in [-0.4, -0.2) is 16.3 Å². The van der Waals surface area contributed by atoms with E-state index in [0.29, 0.717) is 11.4 Å². The Morgan fingerprint density at radius 3 is 1.38 bits per heavy atom. The van der Waals surface area contributed by atoms with Crippen molar-refractivity contribution < 1.29 is 9.90 Å². The minimum absolute atomic E-state index is 0.000000000000000222. The number of carboxylic acid groups (broad SMARTS) is 1. The minimum atomic E-state index is -1.33. The van der Waals surface area contributed by atoms with E-state index in [9.17, 15) is 0 Å². The highest BCUT2D eigenvalue weighted by molar-refractivity contribution is 7.80. The Bertz CT molecular complexity index is 304. The van der Waals surface area contributed by atoms with Gasteiger partial charge < -0.3 is 33.8 Å². The van der Waals surface area contributed by atoms with Gasteiger partial charge in [0, 0.05) is 0 Å². The number of amides is 1.